The maximum absolute atomic E-state index is 6.04. The number of hydrogen-bond donors (Lipinski definition) is 1. The van der Waals surface area contributed by atoms with Crippen LogP contribution in [-0.4, -0.2) is 16.3 Å². The van der Waals surface area contributed by atoms with Crippen LogP contribution in [0.4, 0.5) is 0 Å². The summed E-state index contributed by atoms with van der Waals surface area (Å²) in [6.45, 7) is 7.65. The van der Waals surface area contributed by atoms with Gasteiger partial charge in [-0.25, -0.2) is 0 Å². The minimum absolute atomic E-state index is 0.0166. The van der Waals surface area contributed by atoms with Gasteiger partial charge in [-0.1, -0.05) is 32.4 Å². The van der Waals surface area contributed by atoms with E-state index in [1.165, 1.54) is 0 Å². The van der Waals surface area contributed by atoms with Gasteiger partial charge in [0.15, 0.2) is 0 Å². The van der Waals surface area contributed by atoms with Crippen molar-refractivity contribution < 1.29 is 0 Å². The Hall–Kier alpha value is -0.540. The van der Waals surface area contributed by atoms with Crippen LogP contribution in [0.1, 0.15) is 26.5 Å². The molecule has 74 valence electrons. The largest absolute Gasteiger partial charge is 0.329 e. The van der Waals surface area contributed by atoms with Crippen LogP contribution >= 0.6 is 11.6 Å². The molecule has 2 N–H and O–H groups in total. The Labute approximate surface area is 83.9 Å². The van der Waals surface area contributed by atoms with E-state index in [1.807, 2.05) is 4.68 Å². The highest BCUT2D eigenvalue weighted by Gasteiger charge is 2.22. The molecule has 1 heterocycles. The fraction of sp³-hybridized carbons (Fsp3) is 0.667. The number of nitrogens with zero attached hydrogens (tertiary/aromatic N) is 2. The lowest BCUT2D eigenvalue weighted by molar-refractivity contribution is 0.489. The molecule has 0 aliphatic carbocycles. The zero-order valence-electron chi connectivity index (χ0n) is 8.34. The van der Waals surface area contributed by atoms with Crippen LogP contribution < -0.4 is 5.73 Å². The minimum Gasteiger partial charge on any atom is -0.329 e. The van der Waals surface area contributed by atoms with E-state index in [1.54, 1.807) is 6.20 Å². The minimum atomic E-state index is 0.0166. The van der Waals surface area contributed by atoms with Crippen LogP contribution in [0.2, 0.25) is 5.02 Å². The van der Waals surface area contributed by atoms with Gasteiger partial charge in [-0.3, -0.25) is 4.68 Å². The molecule has 4 heteroatoms. The SMILES string of the molecule is CC(C)(C)c1c(Cl)cnn1CCN. The average Bonchev–Trinajstić information content (AvgIpc) is 2.31. The third kappa shape index (κ3) is 2.23. The Morgan fingerprint density at radius 3 is 2.62 bits per heavy atom. The standard InChI is InChI=1S/C9H16ClN3/c1-9(2,3)8-7(10)6-12-13(8)5-4-11/h6H,4-5,11H2,1-3H3. The molecule has 0 unspecified atom stereocenters. The summed E-state index contributed by atoms with van der Waals surface area (Å²) in [5.41, 5.74) is 6.55. The molecular formula is C9H16ClN3. The molecule has 0 amide bonds. The number of hydrogen-bond acceptors (Lipinski definition) is 2. The zero-order chi connectivity index (χ0) is 10.1. The van der Waals surface area contributed by atoms with Crippen LogP contribution in [0.15, 0.2) is 6.20 Å². The van der Waals surface area contributed by atoms with Crippen molar-refractivity contribution in [3.05, 3.63) is 16.9 Å². The van der Waals surface area contributed by atoms with E-state index in [9.17, 15) is 0 Å². The normalized spacial score (nSPS) is 12.1. The molecule has 13 heavy (non-hydrogen) atoms. The van der Waals surface area contributed by atoms with Gasteiger partial charge in [0, 0.05) is 12.0 Å². The van der Waals surface area contributed by atoms with E-state index in [-0.39, 0.29) is 5.41 Å². The van der Waals surface area contributed by atoms with Crippen molar-refractivity contribution in [3.63, 3.8) is 0 Å². The van der Waals surface area contributed by atoms with Gasteiger partial charge in [0.25, 0.3) is 0 Å². The highest BCUT2D eigenvalue weighted by Crippen LogP contribution is 2.28. The van der Waals surface area contributed by atoms with Crippen molar-refractivity contribution in [2.75, 3.05) is 6.54 Å². The quantitative estimate of drug-likeness (QED) is 0.793. The van der Waals surface area contributed by atoms with Crippen molar-refractivity contribution in [2.45, 2.75) is 32.7 Å². The molecule has 1 aromatic heterocycles. The van der Waals surface area contributed by atoms with Gasteiger partial charge in [0.1, 0.15) is 0 Å². The monoisotopic (exact) mass is 201 g/mol. The fourth-order valence-corrected chi connectivity index (χ4v) is 1.82. The molecule has 0 aliphatic heterocycles. The fourth-order valence-electron chi connectivity index (χ4n) is 1.40. The van der Waals surface area contributed by atoms with E-state index in [0.29, 0.717) is 6.54 Å². The average molecular weight is 202 g/mol. The lowest BCUT2D eigenvalue weighted by atomic mass is 9.92. The van der Waals surface area contributed by atoms with Gasteiger partial charge < -0.3 is 5.73 Å². The van der Waals surface area contributed by atoms with Crippen LogP contribution in [0.3, 0.4) is 0 Å². The van der Waals surface area contributed by atoms with Gasteiger partial charge in [-0.05, 0) is 0 Å². The second-order valence-corrected chi connectivity index (χ2v) is 4.51. The first-order valence-electron chi connectivity index (χ1n) is 4.38. The number of rotatable bonds is 2. The summed E-state index contributed by atoms with van der Waals surface area (Å²) >= 11 is 6.04. The molecule has 0 fully saturated rings. The van der Waals surface area contributed by atoms with E-state index in [0.717, 1.165) is 17.3 Å². The summed E-state index contributed by atoms with van der Waals surface area (Å²) in [5, 5.41) is 4.90. The lowest BCUT2D eigenvalue weighted by Crippen LogP contribution is -2.21. The Morgan fingerprint density at radius 1 is 1.54 bits per heavy atom. The number of nitrogens with two attached hydrogens (primary N) is 1. The first-order valence-corrected chi connectivity index (χ1v) is 4.76. The highest BCUT2D eigenvalue weighted by molar-refractivity contribution is 6.31. The summed E-state index contributed by atoms with van der Waals surface area (Å²) in [5.74, 6) is 0. The topological polar surface area (TPSA) is 43.8 Å². The van der Waals surface area contributed by atoms with Crippen molar-refractivity contribution in [1.29, 1.82) is 0 Å². The first kappa shape index (κ1) is 10.5. The predicted molar refractivity (Wildman–Crippen MR) is 55.0 cm³/mol. The van der Waals surface area contributed by atoms with Gasteiger partial charge in [-0.2, -0.15) is 5.10 Å². The van der Waals surface area contributed by atoms with Crippen LogP contribution in [0.5, 0.6) is 0 Å². The number of halogens is 1. The molecule has 1 rings (SSSR count). The molecule has 0 aliphatic rings. The second-order valence-electron chi connectivity index (χ2n) is 4.10. The Balaban J connectivity index is 3.09. The summed E-state index contributed by atoms with van der Waals surface area (Å²) in [7, 11) is 0. The summed E-state index contributed by atoms with van der Waals surface area (Å²) in [6.07, 6.45) is 1.68. The van der Waals surface area contributed by atoms with E-state index < -0.39 is 0 Å². The van der Waals surface area contributed by atoms with Crippen LogP contribution in [0, 0.1) is 0 Å². The summed E-state index contributed by atoms with van der Waals surface area (Å²) in [4.78, 5) is 0. The van der Waals surface area contributed by atoms with Gasteiger partial charge >= 0.3 is 0 Å². The predicted octanol–water partition coefficient (Wildman–Crippen LogP) is 1.79. The zero-order valence-corrected chi connectivity index (χ0v) is 9.10. The van der Waals surface area contributed by atoms with Crippen molar-refractivity contribution >= 4 is 11.6 Å². The molecule has 3 nitrogen and oxygen atoms in total. The molecule has 0 aromatic carbocycles. The highest BCUT2D eigenvalue weighted by atomic mass is 35.5. The second kappa shape index (κ2) is 3.68. The maximum atomic E-state index is 6.04. The molecule has 0 bridgehead atoms. The van der Waals surface area contributed by atoms with Crippen LogP contribution in [0.25, 0.3) is 0 Å². The Kier molecular flexibility index (Phi) is 2.98. The van der Waals surface area contributed by atoms with Crippen molar-refractivity contribution in [2.24, 2.45) is 5.73 Å². The molecule has 0 saturated heterocycles. The van der Waals surface area contributed by atoms with Crippen LogP contribution in [-0.2, 0) is 12.0 Å². The third-order valence-electron chi connectivity index (χ3n) is 1.85. The Morgan fingerprint density at radius 2 is 2.15 bits per heavy atom. The van der Waals surface area contributed by atoms with Crippen molar-refractivity contribution in [3.8, 4) is 0 Å². The molecular weight excluding hydrogens is 186 g/mol. The molecule has 0 atom stereocenters. The molecule has 1 aromatic rings. The lowest BCUT2D eigenvalue weighted by Gasteiger charge is -2.20. The Bertz CT molecular complexity index is 286. The number of aromatic nitrogens is 2. The smallest absolute Gasteiger partial charge is 0.0823 e. The van der Waals surface area contributed by atoms with Gasteiger partial charge in [0.05, 0.1) is 23.5 Å². The summed E-state index contributed by atoms with van der Waals surface area (Å²) in [6, 6.07) is 0. The van der Waals surface area contributed by atoms with E-state index in [4.69, 9.17) is 17.3 Å². The maximum Gasteiger partial charge on any atom is 0.0823 e. The molecule has 0 saturated carbocycles. The molecule has 0 spiro atoms. The van der Waals surface area contributed by atoms with Gasteiger partial charge in [-0.15, -0.1) is 0 Å². The third-order valence-corrected chi connectivity index (χ3v) is 2.12. The van der Waals surface area contributed by atoms with Gasteiger partial charge in [0.2, 0.25) is 0 Å². The van der Waals surface area contributed by atoms with Crippen molar-refractivity contribution in [1.82, 2.24) is 9.78 Å². The first-order chi connectivity index (χ1) is 5.96. The van der Waals surface area contributed by atoms with E-state index >= 15 is 0 Å². The summed E-state index contributed by atoms with van der Waals surface area (Å²) < 4.78 is 1.88. The molecule has 0 radical (unpaired) electrons. The van der Waals surface area contributed by atoms with E-state index in [2.05, 4.69) is 25.9 Å².